The molecule has 0 bridgehead atoms. The summed E-state index contributed by atoms with van der Waals surface area (Å²) in [5.41, 5.74) is 17.6. The molecule has 0 spiro atoms. The molecule has 0 atom stereocenters. The van der Waals surface area contributed by atoms with Gasteiger partial charge in [-0.05, 0) is 49.2 Å². The van der Waals surface area contributed by atoms with Gasteiger partial charge < -0.3 is 0 Å². The second kappa shape index (κ2) is 11.1. The lowest BCUT2D eigenvalue weighted by Gasteiger charge is -2.29. The summed E-state index contributed by atoms with van der Waals surface area (Å²) in [6.45, 7) is 1.35. The molecule has 2 aromatic rings. The van der Waals surface area contributed by atoms with Crippen LogP contribution in [0.5, 0.6) is 0 Å². The molecule has 0 aliphatic carbocycles. The van der Waals surface area contributed by atoms with Crippen molar-refractivity contribution in [2.75, 3.05) is 26.3 Å². The van der Waals surface area contributed by atoms with Gasteiger partial charge in [-0.25, -0.2) is 0 Å². The summed E-state index contributed by atoms with van der Waals surface area (Å²) in [4.78, 5) is 5.02. The predicted molar refractivity (Wildman–Crippen MR) is 119 cm³/mol. The number of rotatable bonds is 12. The molecule has 0 unspecified atom stereocenters. The van der Waals surface area contributed by atoms with Crippen molar-refractivity contribution in [3.8, 4) is 0 Å². The molecule has 2 rings (SSSR count). The van der Waals surface area contributed by atoms with E-state index in [2.05, 4.69) is 20.1 Å². The number of hydrogen-bond donors (Lipinski definition) is 0. The van der Waals surface area contributed by atoms with E-state index in [-0.39, 0.29) is 9.79 Å². The normalized spacial score (nSPS) is 11.9. The minimum absolute atomic E-state index is 0.122. The van der Waals surface area contributed by atoms with Crippen LogP contribution in [0.4, 0.5) is 0 Å². The maximum Gasteiger partial charge on any atom is 0.296 e. The van der Waals surface area contributed by atoms with Crippen molar-refractivity contribution in [2.24, 2.45) is 15.6 Å². The summed E-state index contributed by atoms with van der Waals surface area (Å²) in [5, 5.41) is 6.83. The van der Waals surface area contributed by atoms with Gasteiger partial charge in [-0.3, -0.25) is 8.37 Å². The Morgan fingerprint density at radius 1 is 0.727 bits per heavy atom. The topological polar surface area (TPSA) is 184 Å². The quantitative estimate of drug-likeness (QED) is 0.185. The lowest BCUT2D eigenvalue weighted by molar-refractivity contribution is 0.0990. The first-order valence-corrected chi connectivity index (χ1v) is 12.3. The summed E-state index contributed by atoms with van der Waals surface area (Å²) in [6.07, 6.45) is 0. The lowest BCUT2D eigenvalue weighted by Crippen LogP contribution is -2.40. The van der Waals surface area contributed by atoms with Crippen molar-refractivity contribution in [2.45, 2.75) is 23.6 Å². The first kappa shape index (κ1) is 26.1. The van der Waals surface area contributed by atoms with E-state index in [0.717, 1.165) is 11.1 Å². The van der Waals surface area contributed by atoms with Gasteiger partial charge in [0.2, 0.25) is 0 Å². The highest BCUT2D eigenvalue weighted by molar-refractivity contribution is 7.87. The molecule has 12 nitrogen and oxygen atoms in total. The van der Waals surface area contributed by atoms with Gasteiger partial charge in [0.05, 0.1) is 23.0 Å². The molecule has 0 aliphatic rings. The van der Waals surface area contributed by atoms with Gasteiger partial charge in [0.15, 0.2) is 0 Å². The molecule has 0 aromatic heterocycles. The second-order valence-electron chi connectivity index (χ2n) is 7.34. The molecule has 0 aliphatic heterocycles. The van der Waals surface area contributed by atoms with Crippen LogP contribution in [0.3, 0.4) is 0 Å². The zero-order valence-electron chi connectivity index (χ0n) is 17.9. The third-order valence-electron chi connectivity index (χ3n) is 4.60. The Morgan fingerprint density at radius 2 is 1.06 bits per heavy atom. The minimum Gasteiger partial charge on any atom is -0.266 e. The average Bonchev–Trinajstić information content (AvgIpc) is 2.79. The number of hydrogen-bond acceptors (Lipinski definition) is 8. The molecule has 0 radical (unpaired) electrons. The van der Waals surface area contributed by atoms with Crippen molar-refractivity contribution >= 4 is 20.2 Å². The van der Waals surface area contributed by atoms with Gasteiger partial charge in [-0.1, -0.05) is 45.6 Å². The number of nitrogens with zero attached hydrogens (tertiary/aromatic N) is 6. The van der Waals surface area contributed by atoms with Crippen LogP contribution in [-0.4, -0.2) is 43.1 Å². The number of azide groups is 2. The monoisotopic (exact) mass is 494 g/mol. The maximum atomic E-state index is 12.6. The summed E-state index contributed by atoms with van der Waals surface area (Å²) >= 11 is 0. The Morgan fingerprint density at radius 3 is 1.36 bits per heavy atom. The van der Waals surface area contributed by atoms with E-state index in [0.29, 0.717) is 0 Å². The average molecular weight is 495 g/mol. The Labute approximate surface area is 191 Å². The molecule has 33 heavy (non-hydrogen) atoms. The Kier molecular flexibility index (Phi) is 8.83. The van der Waals surface area contributed by atoms with Gasteiger partial charge in [0, 0.05) is 28.3 Å². The van der Waals surface area contributed by atoms with E-state index in [9.17, 15) is 16.8 Å². The highest BCUT2D eigenvalue weighted by Gasteiger charge is 2.35. The smallest absolute Gasteiger partial charge is 0.266 e. The van der Waals surface area contributed by atoms with Crippen LogP contribution in [0.2, 0.25) is 0 Å². The van der Waals surface area contributed by atoms with Crippen LogP contribution in [0.15, 0.2) is 68.6 Å². The Bertz CT molecular complexity index is 1160. The van der Waals surface area contributed by atoms with Crippen LogP contribution >= 0.6 is 0 Å². The first-order chi connectivity index (χ1) is 15.5. The fourth-order valence-corrected chi connectivity index (χ4v) is 4.61. The van der Waals surface area contributed by atoms with E-state index in [1.54, 1.807) is 38.1 Å². The molecular weight excluding hydrogens is 472 g/mol. The molecule has 0 heterocycles. The summed E-state index contributed by atoms with van der Waals surface area (Å²) < 4.78 is 60.7. The summed E-state index contributed by atoms with van der Waals surface area (Å²) in [6, 6.07) is 11.7. The Hall–Kier alpha value is -3.12. The fraction of sp³-hybridized carbons (Fsp3) is 0.368. The van der Waals surface area contributed by atoms with Gasteiger partial charge in [-0.15, -0.1) is 0 Å². The molecule has 0 fully saturated rings. The maximum absolute atomic E-state index is 12.6. The lowest BCUT2D eigenvalue weighted by atomic mass is 9.90. The largest absolute Gasteiger partial charge is 0.296 e. The van der Waals surface area contributed by atoms with Crippen molar-refractivity contribution in [1.29, 1.82) is 0 Å². The molecule has 0 saturated carbocycles. The third kappa shape index (κ3) is 7.46. The highest BCUT2D eigenvalue weighted by Crippen LogP contribution is 2.26. The molecule has 0 saturated heterocycles. The summed E-state index contributed by atoms with van der Waals surface area (Å²) in [5.74, 6) is 0. The minimum atomic E-state index is -4.25. The van der Waals surface area contributed by atoms with Gasteiger partial charge in [0.25, 0.3) is 20.2 Å². The zero-order valence-corrected chi connectivity index (χ0v) is 19.5. The van der Waals surface area contributed by atoms with Crippen molar-refractivity contribution in [3.05, 3.63) is 80.5 Å². The van der Waals surface area contributed by atoms with Crippen LogP contribution in [-0.2, 0) is 28.6 Å². The SMILES string of the molecule is Cc1ccc(S(=O)(=O)OCC(CN=[N+]=[N-])(CN=[N+]=[N-])COS(=O)(=O)c2ccc(C)cc2)cc1. The van der Waals surface area contributed by atoms with Crippen LogP contribution in [0.1, 0.15) is 11.1 Å². The van der Waals surface area contributed by atoms with Crippen molar-refractivity contribution in [1.82, 2.24) is 0 Å². The van der Waals surface area contributed by atoms with E-state index in [4.69, 9.17) is 19.4 Å². The number of aryl methyl sites for hydroxylation is 2. The van der Waals surface area contributed by atoms with E-state index >= 15 is 0 Å². The Balaban J connectivity index is 2.32. The van der Waals surface area contributed by atoms with Crippen molar-refractivity contribution < 1.29 is 25.2 Å². The van der Waals surface area contributed by atoms with Gasteiger partial charge in [0.1, 0.15) is 0 Å². The fourth-order valence-electron chi connectivity index (χ4n) is 2.59. The van der Waals surface area contributed by atoms with Gasteiger partial charge in [-0.2, -0.15) is 16.8 Å². The standard InChI is InChI=1S/C19H22N6O6S2/c1-15-3-7-17(8-4-15)32(26,27)30-13-19(11-22-24-20,12-23-25-21)14-31-33(28,29)18-9-5-16(2)6-10-18/h3-10H,11-14H2,1-2H3. The molecule has 2 aromatic carbocycles. The molecule has 14 heteroatoms. The molecule has 0 N–H and O–H groups in total. The van der Waals surface area contributed by atoms with Crippen LogP contribution in [0, 0.1) is 19.3 Å². The van der Waals surface area contributed by atoms with Crippen LogP contribution in [0.25, 0.3) is 20.9 Å². The molecular formula is C19H22N6O6S2. The predicted octanol–water partition coefficient (Wildman–Crippen LogP) is 4.02. The zero-order chi connectivity index (χ0) is 24.5. The third-order valence-corrected chi connectivity index (χ3v) is 7.15. The van der Waals surface area contributed by atoms with Gasteiger partial charge >= 0.3 is 0 Å². The second-order valence-corrected chi connectivity index (χ2v) is 10.6. The molecule has 176 valence electrons. The number of benzene rings is 2. The summed E-state index contributed by atoms with van der Waals surface area (Å²) in [7, 11) is -8.49. The first-order valence-electron chi connectivity index (χ1n) is 9.48. The van der Waals surface area contributed by atoms with E-state index in [1.165, 1.54) is 24.3 Å². The molecule has 0 amide bonds. The van der Waals surface area contributed by atoms with Crippen molar-refractivity contribution in [3.63, 3.8) is 0 Å². The highest BCUT2D eigenvalue weighted by atomic mass is 32.2. The van der Waals surface area contributed by atoms with E-state index < -0.39 is 52.0 Å². The van der Waals surface area contributed by atoms with Crippen LogP contribution < -0.4 is 0 Å². The van der Waals surface area contributed by atoms with E-state index in [1.807, 2.05) is 0 Å².